The van der Waals surface area contributed by atoms with E-state index < -0.39 is 11.5 Å². The Labute approximate surface area is 244 Å². The molecule has 3 aliphatic rings. The number of aryl methyl sites for hydroxylation is 1. The third-order valence-electron chi connectivity index (χ3n) is 8.68. The van der Waals surface area contributed by atoms with Crippen LogP contribution in [-0.2, 0) is 16.0 Å². The molecule has 0 saturated carbocycles. The number of amides is 2. The molecular formula is C33H35N5O4. The predicted octanol–water partition coefficient (Wildman–Crippen LogP) is 4.60. The fraction of sp³-hybridized carbons (Fsp3) is 0.364. The number of fused-ring (bicyclic) bond motifs is 1. The molecule has 3 heterocycles. The van der Waals surface area contributed by atoms with Gasteiger partial charge < -0.3 is 20.2 Å². The Kier molecular flexibility index (Phi) is 7.73. The highest BCUT2D eigenvalue weighted by atomic mass is 16.4. The number of allylic oxidation sites excluding steroid dienone is 4. The predicted molar refractivity (Wildman–Crippen MR) is 160 cm³/mol. The number of rotatable bonds is 8. The number of piperidine rings is 1. The number of carboxylic acids is 1. The van der Waals surface area contributed by atoms with Crippen LogP contribution in [0.25, 0.3) is 11.0 Å². The molecule has 0 radical (unpaired) electrons. The quantitative estimate of drug-likeness (QED) is 0.384. The van der Waals surface area contributed by atoms with E-state index in [-0.39, 0.29) is 24.2 Å². The van der Waals surface area contributed by atoms with E-state index in [9.17, 15) is 14.4 Å². The molecule has 3 aromatic rings. The van der Waals surface area contributed by atoms with Crippen molar-refractivity contribution in [2.75, 3.05) is 24.7 Å². The topological polar surface area (TPSA) is 116 Å². The first kappa shape index (κ1) is 27.6. The Balaban J connectivity index is 1.21. The first-order valence-corrected chi connectivity index (χ1v) is 14.7. The zero-order valence-electron chi connectivity index (χ0n) is 23.5. The molecule has 216 valence electrons. The lowest BCUT2D eigenvalue weighted by Crippen LogP contribution is -2.57. The second-order valence-corrected chi connectivity index (χ2v) is 11.3. The maximum Gasteiger partial charge on any atom is 0.303 e. The Morgan fingerprint density at radius 3 is 2.55 bits per heavy atom. The van der Waals surface area contributed by atoms with E-state index >= 15 is 0 Å². The number of benzene rings is 2. The van der Waals surface area contributed by atoms with Crippen molar-refractivity contribution >= 4 is 34.5 Å². The van der Waals surface area contributed by atoms with E-state index in [1.165, 1.54) is 0 Å². The summed E-state index contributed by atoms with van der Waals surface area (Å²) in [5.41, 5.74) is 4.06. The molecule has 9 nitrogen and oxygen atoms in total. The molecule has 2 aliphatic heterocycles. The first-order valence-electron chi connectivity index (χ1n) is 14.7. The summed E-state index contributed by atoms with van der Waals surface area (Å²) >= 11 is 0. The lowest BCUT2D eigenvalue weighted by atomic mass is 9.85. The second-order valence-electron chi connectivity index (χ2n) is 11.3. The molecule has 1 spiro atoms. The van der Waals surface area contributed by atoms with Crippen LogP contribution in [0.1, 0.15) is 66.2 Å². The van der Waals surface area contributed by atoms with Crippen LogP contribution in [-0.4, -0.2) is 63.1 Å². The number of carboxylic acid groups (broad SMARTS) is 1. The molecule has 2 amide bonds. The molecule has 42 heavy (non-hydrogen) atoms. The van der Waals surface area contributed by atoms with Gasteiger partial charge in [-0.3, -0.25) is 14.4 Å². The van der Waals surface area contributed by atoms with Crippen LogP contribution in [0, 0.1) is 0 Å². The summed E-state index contributed by atoms with van der Waals surface area (Å²) < 4.78 is 0. The molecule has 1 aliphatic carbocycles. The third kappa shape index (κ3) is 5.38. The number of hydrogen-bond donors (Lipinski definition) is 2. The van der Waals surface area contributed by atoms with Crippen LogP contribution in [0.15, 0.2) is 72.8 Å². The molecule has 2 fully saturated rings. The second kappa shape index (κ2) is 11.8. The average Bonchev–Trinajstić information content (AvgIpc) is 3.34. The normalized spacial score (nSPS) is 19.4. The number of carbonyl (C=O) groups is 3. The van der Waals surface area contributed by atoms with Gasteiger partial charge in [-0.2, -0.15) is 0 Å². The number of unbranched alkanes of at least 4 members (excludes halogenated alkanes) is 1. The van der Waals surface area contributed by atoms with Gasteiger partial charge in [0.05, 0.1) is 29.1 Å². The SMILES string of the molecule is O=C(O)CCCCc1nc2cc(C(=O)N3CCC4(CC3)C(=O)NCN4c3ccccc3)ccc2nc1C1C=CC=CC1. The third-order valence-corrected chi connectivity index (χ3v) is 8.68. The average molecular weight is 566 g/mol. The smallest absolute Gasteiger partial charge is 0.303 e. The zero-order valence-corrected chi connectivity index (χ0v) is 23.5. The van der Waals surface area contributed by atoms with E-state index in [0.29, 0.717) is 62.9 Å². The number of para-hydroxylation sites is 1. The fourth-order valence-corrected chi connectivity index (χ4v) is 6.37. The van der Waals surface area contributed by atoms with Crippen molar-refractivity contribution in [1.82, 2.24) is 20.2 Å². The van der Waals surface area contributed by atoms with Crippen molar-refractivity contribution in [2.45, 2.75) is 56.4 Å². The lowest BCUT2D eigenvalue weighted by Gasteiger charge is -2.43. The van der Waals surface area contributed by atoms with Gasteiger partial charge >= 0.3 is 5.97 Å². The number of anilines is 1. The van der Waals surface area contributed by atoms with Crippen LogP contribution in [0.4, 0.5) is 5.69 Å². The standard InChI is InChI=1S/C33H35N5O4/c39-29(40)14-8-7-13-27-30(23-9-3-1-4-10-23)36-26-16-15-24(21-28(26)35-27)31(41)37-19-17-33(18-20-37)32(42)34-22-38(33)25-11-5-2-6-12-25/h1-6,9,11-12,15-16,21,23H,7-8,10,13-14,17-20,22H2,(H,34,42)(H,39,40). The minimum absolute atomic E-state index is 0.0226. The summed E-state index contributed by atoms with van der Waals surface area (Å²) in [5.74, 6) is -0.736. The van der Waals surface area contributed by atoms with Crippen LogP contribution in [0.3, 0.4) is 0 Å². The fourth-order valence-electron chi connectivity index (χ4n) is 6.37. The largest absolute Gasteiger partial charge is 0.481 e. The van der Waals surface area contributed by atoms with Crippen LogP contribution in [0.5, 0.6) is 0 Å². The van der Waals surface area contributed by atoms with E-state index in [2.05, 4.69) is 22.4 Å². The number of aliphatic carboxylic acids is 1. The molecule has 1 unspecified atom stereocenters. The summed E-state index contributed by atoms with van der Waals surface area (Å²) in [7, 11) is 0. The summed E-state index contributed by atoms with van der Waals surface area (Å²) in [6.07, 6.45) is 12.3. The number of carbonyl (C=O) groups excluding carboxylic acids is 2. The van der Waals surface area contributed by atoms with Gasteiger partial charge in [0.2, 0.25) is 5.91 Å². The van der Waals surface area contributed by atoms with Crippen molar-refractivity contribution in [1.29, 1.82) is 0 Å². The summed E-state index contributed by atoms with van der Waals surface area (Å²) in [6.45, 7) is 1.43. The Hall–Kier alpha value is -4.53. The van der Waals surface area contributed by atoms with Gasteiger partial charge in [0, 0.05) is 36.7 Å². The number of likely N-dealkylation sites (tertiary alicyclic amines) is 1. The highest BCUT2D eigenvalue weighted by Crippen LogP contribution is 2.36. The number of hydrogen-bond acceptors (Lipinski definition) is 6. The van der Waals surface area contributed by atoms with Crippen molar-refractivity contribution < 1.29 is 19.5 Å². The van der Waals surface area contributed by atoms with E-state index in [1.54, 1.807) is 0 Å². The molecule has 6 rings (SSSR count). The van der Waals surface area contributed by atoms with Gasteiger partial charge in [0.25, 0.3) is 5.91 Å². The molecule has 9 heteroatoms. The van der Waals surface area contributed by atoms with Crippen molar-refractivity contribution in [2.24, 2.45) is 0 Å². The Bertz CT molecular complexity index is 1560. The molecule has 1 atom stereocenters. The maximum atomic E-state index is 13.6. The highest BCUT2D eigenvalue weighted by Gasteiger charge is 2.50. The van der Waals surface area contributed by atoms with Gasteiger partial charge in [0.15, 0.2) is 0 Å². The summed E-state index contributed by atoms with van der Waals surface area (Å²) in [4.78, 5) is 51.6. The van der Waals surface area contributed by atoms with E-state index in [1.807, 2.05) is 65.6 Å². The first-order chi connectivity index (χ1) is 20.4. The van der Waals surface area contributed by atoms with Crippen LogP contribution >= 0.6 is 0 Å². The van der Waals surface area contributed by atoms with Gasteiger partial charge in [-0.15, -0.1) is 0 Å². The van der Waals surface area contributed by atoms with Crippen molar-refractivity contribution in [3.63, 3.8) is 0 Å². The number of nitrogens with one attached hydrogen (secondary N) is 1. The number of nitrogens with zero attached hydrogens (tertiary/aromatic N) is 4. The minimum Gasteiger partial charge on any atom is -0.481 e. The summed E-state index contributed by atoms with van der Waals surface area (Å²) in [6, 6.07) is 15.4. The van der Waals surface area contributed by atoms with Crippen LogP contribution in [0.2, 0.25) is 0 Å². The molecule has 1 aromatic heterocycles. The molecule has 0 bridgehead atoms. The summed E-state index contributed by atoms with van der Waals surface area (Å²) in [5, 5.41) is 12.0. The number of aromatic nitrogens is 2. The van der Waals surface area contributed by atoms with Gasteiger partial charge in [0.1, 0.15) is 5.54 Å². The van der Waals surface area contributed by atoms with E-state index in [4.69, 9.17) is 15.1 Å². The zero-order chi connectivity index (χ0) is 29.1. The minimum atomic E-state index is -0.798. The molecule has 2 N–H and O–H groups in total. The molecular weight excluding hydrogens is 530 g/mol. The van der Waals surface area contributed by atoms with E-state index in [0.717, 1.165) is 29.0 Å². The van der Waals surface area contributed by atoms with Crippen molar-refractivity contribution in [3.8, 4) is 0 Å². The Morgan fingerprint density at radius 1 is 1.00 bits per heavy atom. The van der Waals surface area contributed by atoms with Gasteiger partial charge in [-0.1, -0.05) is 42.5 Å². The van der Waals surface area contributed by atoms with Crippen LogP contribution < -0.4 is 10.2 Å². The van der Waals surface area contributed by atoms with Crippen molar-refractivity contribution in [3.05, 3.63) is 89.8 Å². The highest BCUT2D eigenvalue weighted by molar-refractivity contribution is 5.98. The molecule has 2 saturated heterocycles. The molecule has 2 aromatic carbocycles. The van der Waals surface area contributed by atoms with Gasteiger partial charge in [-0.25, -0.2) is 9.97 Å². The van der Waals surface area contributed by atoms with Gasteiger partial charge in [-0.05, 0) is 68.9 Å². The monoisotopic (exact) mass is 565 g/mol. The maximum absolute atomic E-state index is 13.6. The lowest BCUT2D eigenvalue weighted by molar-refractivity contribution is -0.137. The Morgan fingerprint density at radius 2 is 1.81 bits per heavy atom.